The van der Waals surface area contributed by atoms with Crippen LogP contribution in [-0.2, 0) is 6.61 Å². The molecule has 0 bridgehead atoms. The molecule has 0 aliphatic rings. The van der Waals surface area contributed by atoms with E-state index in [1.165, 1.54) is 6.07 Å². The van der Waals surface area contributed by atoms with Crippen LogP contribution in [0.4, 0.5) is 0 Å². The lowest BCUT2D eigenvalue weighted by Gasteiger charge is -2.15. The van der Waals surface area contributed by atoms with Gasteiger partial charge in [-0.2, -0.15) is 0 Å². The fourth-order valence-electron chi connectivity index (χ4n) is 1.95. The summed E-state index contributed by atoms with van der Waals surface area (Å²) < 4.78 is 7.22. The largest absolute Gasteiger partial charge is 0.485 e. The first kappa shape index (κ1) is 14.0. The van der Waals surface area contributed by atoms with Gasteiger partial charge in [0, 0.05) is 24.2 Å². The SMILES string of the molecule is C=CC(C)n1c(C)cc(OCc2ncccn2)cc1=O. The lowest BCUT2D eigenvalue weighted by molar-refractivity contribution is 0.294. The van der Waals surface area contributed by atoms with Crippen LogP contribution in [-0.4, -0.2) is 14.5 Å². The lowest BCUT2D eigenvalue weighted by Crippen LogP contribution is -2.23. The van der Waals surface area contributed by atoms with Gasteiger partial charge in [0.15, 0.2) is 5.82 Å². The Morgan fingerprint density at radius 3 is 2.70 bits per heavy atom. The number of ether oxygens (including phenoxy) is 1. The van der Waals surface area contributed by atoms with Gasteiger partial charge in [0.1, 0.15) is 12.4 Å². The molecule has 0 amide bonds. The van der Waals surface area contributed by atoms with Gasteiger partial charge in [-0.1, -0.05) is 6.08 Å². The van der Waals surface area contributed by atoms with Crippen LogP contribution in [0.25, 0.3) is 0 Å². The number of allylic oxidation sites excluding steroid dienone is 1. The number of aryl methyl sites for hydroxylation is 1. The van der Waals surface area contributed by atoms with Gasteiger partial charge in [-0.15, -0.1) is 6.58 Å². The molecule has 20 heavy (non-hydrogen) atoms. The molecule has 0 aromatic carbocycles. The molecule has 104 valence electrons. The molecule has 2 aromatic rings. The van der Waals surface area contributed by atoms with Crippen molar-refractivity contribution in [1.29, 1.82) is 0 Å². The number of rotatable bonds is 5. The molecule has 0 aliphatic carbocycles. The van der Waals surface area contributed by atoms with Crippen molar-refractivity contribution in [3.63, 3.8) is 0 Å². The highest BCUT2D eigenvalue weighted by molar-refractivity contribution is 5.24. The third-order valence-electron chi connectivity index (χ3n) is 2.97. The summed E-state index contributed by atoms with van der Waals surface area (Å²) >= 11 is 0. The number of nitrogens with zero attached hydrogens (tertiary/aromatic N) is 3. The second kappa shape index (κ2) is 6.14. The molecule has 2 heterocycles. The highest BCUT2D eigenvalue weighted by Crippen LogP contribution is 2.14. The van der Waals surface area contributed by atoms with Gasteiger partial charge >= 0.3 is 0 Å². The van der Waals surface area contributed by atoms with E-state index in [0.717, 1.165) is 5.69 Å². The molecule has 0 radical (unpaired) electrons. The van der Waals surface area contributed by atoms with Crippen molar-refractivity contribution in [2.45, 2.75) is 26.5 Å². The Bertz CT molecular complexity index is 650. The number of hydrogen-bond acceptors (Lipinski definition) is 4. The van der Waals surface area contributed by atoms with E-state index in [4.69, 9.17) is 4.74 Å². The normalized spacial score (nSPS) is 11.9. The van der Waals surface area contributed by atoms with Crippen LogP contribution in [0.2, 0.25) is 0 Å². The van der Waals surface area contributed by atoms with Crippen molar-refractivity contribution in [2.24, 2.45) is 0 Å². The maximum Gasteiger partial charge on any atom is 0.254 e. The first-order valence-corrected chi connectivity index (χ1v) is 6.36. The molecule has 2 rings (SSSR count). The number of pyridine rings is 1. The zero-order valence-electron chi connectivity index (χ0n) is 11.6. The Hall–Kier alpha value is -2.43. The molecule has 0 aliphatic heterocycles. The minimum absolute atomic E-state index is 0.0472. The smallest absolute Gasteiger partial charge is 0.254 e. The van der Waals surface area contributed by atoms with Crippen LogP contribution in [0.1, 0.15) is 24.5 Å². The predicted molar refractivity (Wildman–Crippen MR) is 76.7 cm³/mol. The van der Waals surface area contributed by atoms with E-state index < -0.39 is 0 Å². The van der Waals surface area contributed by atoms with Crippen molar-refractivity contribution in [3.8, 4) is 5.75 Å². The van der Waals surface area contributed by atoms with Crippen LogP contribution in [0.15, 0.2) is 48.0 Å². The molecule has 5 heteroatoms. The Kier molecular flexibility index (Phi) is 4.30. The van der Waals surface area contributed by atoms with Gasteiger partial charge in [0.05, 0.1) is 6.04 Å². The highest BCUT2D eigenvalue weighted by atomic mass is 16.5. The summed E-state index contributed by atoms with van der Waals surface area (Å²) in [4.78, 5) is 20.2. The first-order valence-electron chi connectivity index (χ1n) is 6.36. The zero-order chi connectivity index (χ0) is 14.5. The summed E-state index contributed by atoms with van der Waals surface area (Å²) in [7, 11) is 0. The molecule has 1 unspecified atom stereocenters. The van der Waals surface area contributed by atoms with Crippen LogP contribution in [0.3, 0.4) is 0 Å². The second-order valence-electron chi connectivity index (χ2n) is 4.47. The molecule has 0 saturated carbocycles. The molecule has 0 N–H and O–H groups in total. The second-order valence-corrected chi connectivity index (χ2v) is 4.47. The highest BCUT2D eigenvalue weighted by Gasteiger charge is 2.08. The molecule has 2 aromatic heterocycles. The summed E-state index contributed by atoms with van der Waals surface area (Å²) in [5, 5.41) is 0. The third kappa shape index (κ3) is 3.12. The van der Waals surface area contributed by atoms with Gasteiger partial charge in [0.2, 0.25) is 0 Å². The van der Waals surface area contributed by atoms with E-state index in [2.05, 4.69) is 16.5 Å². The molecule has 0 fully saturated rings. The van der Waals surface area contributed by atoms with Crippen molar-refractivity contribution >= 4 is 0 Å². The van der Waals surface area contributed by atoms with E-state index in [-0.39, 0.29) is 18.2 Å². The molecule has 0 saturated heterocycles. The van der Waals surface area contributed by atoms with E-state index in [1.807, 2.05) is 19.9 Å². The van der Waals surface area contributed by atoms with Crippen molar-refractivity contribution in [3.05, 3.63) is 65.1 Å². The zero-order valence-corrected chi connectivity index (χ0v) is 11.6. The Balaban J connectivity index is 2.19. The average molecular weight is 271 g/mol. The Morgan fingerprint density at radius 2 is 2.10 bits per heavy atom. The summed E-state index contributed by atoms with van der Waals surface area (Å²) in [6.45, 7) is 7.73. The summed E-state index contributed by atoms with van der Waals surface area (Å²) in [6.07, 6.45) is 5.04. The van der Waals surface area contributed by atoms with Gasteiger partial charge in [0.25, 0.3) is 5.56 Å². The fraction of sp³-hybridized carbons (Fsp3) is 0.267. The minimum atomic E-state index is -0.110. The summed E-state index contributed by atoms with van der Waals surface area (Å²) in [6, 6.07) is 4.99. The van der Waals surface area contributed by atoms with Gasteiger partial charge in [-0.3, -0.25) is 4.79 Å². The van der Waals surface area contributed by atoms with Crippen molar-refractivity contribution in [2.75, 3.05) is 0 Å². The fourth-order valence-corrected chi connectivity index (χ4v) is 1.95. The van der Waals surface area contributed by atoms with Crippen LogP contribution >= 0.6 is 0 Å². The number of hydrogen-bond donors (Lipinski definition) is 0. The van der Waals surface area contributed by atoms with Gasteiger partial charge in [-0.25, -0.2) is 9.97 Å². The molecule has 5 nitrogen and oxygen atoms in total. The van der Waals surface area contributed by atoms with Crippen LogP contribution in [0, 0.1) is 6.92 Å². The topological polar surface area (TPSA) is 57.0 Å². The molecular weight excluding hydrogens is 254 g/mol. The number of aromatic nitrogens is 3. The van der Waals surface area contributed by atoms with Gasteiger partial charge < -0.3 is 9.30 Å². The van der Waals surface area contributed by atoms with Crippen molar-refractivity contribution in [1.82, 2.24) is 14.5 Å². The van der Waals surface area contributed by atoms with Gasteiger partial charge in [-0.05, 0) is 26.0 Å². The average Bonchev–Trinajstić information content (AvgIpc) is 2.45. The molecule has 0 spiro atoms. The maximum absolute atomic E-state index is 12.1. The maximum atomic E-state index is 12.1. The Morgan fingerprint density at radius 1 is 1.40 bits per heavy atom. The lowest BCUT2D eigenvalue weighted by atomic mass is 10.2. The van der Waals surface area contributed by atoms with E-state index in [0.29, 0.717) is 11.6 Å². The monoisotopic (exact) mass is 271 g/mol. The molecule has 1 atom stereocenters. The van der Waals surface area contributed by atoms with Crippen LogP contribution < -0.4 is 10.3 Å². The minimum Gasteiger partial charge on any atom is -0.485 e. The molecular formula is C15H17N3O2. The summed E-state index contributed by atoms with van der Waals surface area (Å²) in [5.74, 6) is 1.10. The van der Waals surface area contributed by atoms with E-state index in [1.54, 1.807) is 29.1 Å². The van der Waals surface area contributed by atoms with E-state index >= 15 is 0 Å². The summed E-state index contributed by atoms with van der Waals surface area (Å²) in [5.41, 5.74) is 0.718. The Labute approximate surface area is 117 Å². The standard InChI is InChI=1S/C15H17N3O2/c1-4-11(2)18-12(3)8-13(9-15(18)19)20-10-14-16-6-5-7-17-14/h4-9,11H,1,10H2,2-3H3. The van der Waals surface area contributed by atoms with Crippen LogP contribution in [0.5, 0.6) is 5.75 Å². The predicted octanol–water partition coefficient (Wildman–Crippen LogP) is 2.27. The van der Waals surface area contributed by atoms with E-state index in [9.17, 15) is 4.79 Å². The first-order chi connectivity index (χ1) is 9.61. The quantitative estimate of drug-likeness (QED) is 0.783. The van der Waals surface area contributed by atoms with Crippen molar-refractivity contribution < 1.29 is 4.74 Å². The third-order valence-corrected chi connectivity index (χ3v) is 2.97.